The molecule has 2 aromatic heterocycles. The number of benzene rings is 1. The van der Waals surface area contributed by atoms with Gasteiger partial charge in [0.1, 0.15) is 17.8 Å². The molecule has 118 valence electrons. The van der Waals surface area contributed by atoms with E-state index in [0.29, 0.717) is 5.69 Å². The lowest BCUT2D eigenvalue weighted by Gasteiger charge is -2.16. The molecule has 0 radical (unpaired) electrons. The van der Waals surface area contributed by atoms with Gasteiger partial charge in [-0.15, -0.1) is 10.2 Å². The number of phenols is 1. The third-order valence-electron chi connectivity index (χ3n) is 3.23. The van der Waals surface area contributed by atoms with E-state index in [4.69, 9.17) is 0 Å². The Hall–Kier alpha value is -3.03. The summed E-state index contributed by atoms with van der Waals surface area (Å²) in [4.78, 5) is 12.7. The Morgan fingerprint density at radius 2 is 1.91 bits per heavy atom. The van der Waals surface area contributed by atoms with Gasteiger partial charge >= 0.3 is 0 Å². The van der Waals surface area contributed by atoms with Crippen LogP contribution >= 0.6 is 0 Å². The van der Waals surface area contributed by atoms with Crippen LogP contribution in [0.15, 0.2) is 40.5 Å². The smallest absolute Gasteiger partial charge is 0.298 e. The fourth-order valence-corrected chi connectivity index (χ4v) is 2.04. The summed E-state index contributed by atoms with van der Waals surface area (Å²) in [5.41, 5.74) is 0.327. The van der Waals surface area contributed by atoms with Gasteiger partial charge in [-0.3, -0.25) is 4.79 Å². The molecule has 0 spiro atoms. The Morgan fingerprint density at radius 3 is 2.57 bits per heavy atom. The van der Waals surface area contributed by atoms with Crippen LogP contribution in [0.5, 0.6) is 5.75 Å². The fraction of sp³-hybridized carbons (Fsp3) is 0.267. The van der Waals surface area contributed by atoms with Gasteiger partial charge in [-0.1, -0.05) is 20.8 Å². The van der Waals surface area contributed by atoms with Crippen LogP contribution < -0.4 is 5.56 Å². The average molecular weight is 312 g/mol. The minimum atomic E-state index is -0.439. The van der Waals surface area contributed by atoms with Crippen LogP contribution in [0.2, 0.25) is 0 Å². The maximum atomic E-state index is 12.7. The molecule has 0 fully saturated rings. The zero-order valence-corrected chi connectivity index (χ0v) is 13.0. The van der Waals surface area contributed by atoms with E-state index >= 15 is 0 Å². The van der Waals surface area contributed by atoms with Crippen LogP contribution in [-0.2, 0) is 5.41 Å². The van der Waals surface area contributed by atoms with Gasteiger partial charge < -0.3 is 5.11 Å². The number of phenolic OH excluding ortho intramolecular Hbond substituents is 1. The topological polar surface area (TPSA) is 97.7 Å². The minimum absolute atomic E-state index is 0.165. The third-order valence-corrected chi connectivity index (χ3v) is 3.23. The molecule has 0 aliphatic carbocycles. The highest BCUT2D eigenvalue weighted by Gasteiger charge is 2.23. The van der Waals surface area contributed by atoms with Crippen molar-refractivity contribution >= 4 is 12.0 Å². The van der Waals surface area contributed by atoms with E-state index in [1.54, 1.807) is 24.3 Å². The van der Waals surface area contributed by atoms with Crippen molar-refractivity contribution in [1.82, 2.24) is 24.5 Å². The van der Waals surface area contributed by atoms with Gasteiger partial charge in [0.15, 0.2) is 0 Å². The zero-order chi connectivity index (χ0) is 16.6. The van der Waals surface area contributed by atoms with Crippen molar-refractivity contribution in [2.24, 2.45) is 5.10 Å². The monoisotopic (exact) mass is 312 g/mol. The van der Waals surface area contributed by atoms with E-state index in [1.165, 1.54) is 21.7 Å². The van der Waals surface area contributed by atoms with E-state index in [1.807, 2.05) is 20.8 Å². The lowest BCUT2D eigenvalue weighted by Crippen LogP contribution is -2.33. The first kappa shape index (κ1) is 14.9. The van der Waals surface area contributed by atoms with E-state index in [9.17, 15) is 9.90 Å². The highest BCUT2D eigenvalue weighted by molar-refractivity contribution is 5.79. The maximum Gasteiger partial charge on any atom is 0.298 e. The molecule has 0 amide bonds. The lowest BCUT2D eigenvalue weighted by atomic mass is 9.93. The van der Waals surface area contributed by atoms with Crippen LogP contribution in [0, 0.1) is 0 Å². The number of hydrogen-bond acceptors (Lipinski definition) is 6. The Kier molecular flexibility index (Phi) is 3.44. The molecule has 0 saturated heterocycles. The SMILES string of the molecule is CC(C)(C)c1nn2cnnc2n(/N=C/c2ccc(O)cc2)c1=O. The molecule has 1 N–H and O–H groups in total. The van der Waals surface area contributed by atoms with E-state index in [2.05, 4.69) is 20.4 Å². The number of aromatic hydroxyl groups is 1. The lowest BCUT2D eigenvalue weighted by molar-refractivity contribution is 0.475. The molecule has 0 atom stereocenters. The summed E-state index contributed by atoms with van der Waals surface area (Å²) in [5.74, 6) is 0.399. The Labute approximate surface area is 131 Å². The predicted molar refractivity (Wildman–Crippen MR) is 84.8 cm³/mol. The molecule has 0 aliphatic rings. The number of rotatable bonds is 2. The second-order valence-corrected chi connectivity index (χ2v) is 6.13. The third kappa shape index (κ3) is 2.83. The standard InChI is InChI=1S/C15H16N6O2/c1-15(2,3)12-13(23)21(14-18-16-9-20(14)19-12)17-8-10-4-6-11(22)7-5-10/h4-9,22H,1-3H3/b17-8+. The van der Waals surface area contributed by atoms with E-state index < -0.39 is 5.41 Å². The molecule has 2 heterocycles. The van der Waals surface area contributed by atoms with Crippen LogP contribution in [0.4, 0.5) is 0 Å². The highest BCUT2D eigenvalue weighted by Crippen LogP contribution is 2.16. The molecule has 0 saturated carbocycles. The van der Waals surface area contributed by atoms with Gasteiger partial charge in [-0.05, 0) is 29.8 Å². The molecule has 0 unspecified atom stereocenters. The van der Waals surface area contributed by atoms with Crippen LogP contribution in [0.3, 0.4) is 0 Å². The molecule has 0 bridgehead atoms. The zero-order valence-electron chi connectivity index (χ0n) is 13.0. The predicted octanol–water partition coefficient (Wildman–Crippen LogP) is 1.17. The van der Waals surface area contributed by atoms with E-state index in [-0.39, 0.29) is 17.1 Å². The van der Waals surface area contributed by atoms with E-state index in [0.717, 1.165) is 5.56 Å². The first-order valence-corrected chi connectivity index (χ1v) is 7.03. The van der Waals surface area contributed by atoms with Crippen molar-refractivity contribution in [3.8, 4) is 5.75 Å². The molecule has 1 aromatic carbocycles. The van der Waals surface area contributed by atoms with Crippen molar-refractivity contribution in [3.63, 3.8) is 0 Å². The van der Waals surface area contributed by atoms with Crippen LogP contribution in [-0.4, -0.2) is 35.8 Å². The molecule has 23 heavy (non-hydrogen) atoms. The minimum Gasteiger partial charge on any atom is -0.508 e. The Morgan fingerprint density at radius 1 is 1.22 bits per heavy atom. The average Bonchev–Trinajstić information content (AvgIpc) is 2.94. The number of fused-ring (bicyclic) bond motifs is 1. The van der Waals surface area contributed by atoms with Gasteiger partial charge in [-0.2, -0.15) is 19.4 Å². The van der Waals surface area contributed by atoms with Crippen molar-refractivity contribution < 1.29 is 5.11 Å². The first-order valence-electron chi connectivity index (χ1n) is 7.03. The van der Waals surface area contributed by atoms with Crippen molar-refractivity contribution in [2.75, 3.05) is 0 Å². The summed E-state index contributed by atoms with van der Waals surface area (Å²) < 4.78 is 2.60. The largest absolute Gasteiger partial charge is 0.508 e. The number of nitrogens with zero attached hydrogens (tertiary/aromatic N) is 6. The van der Waals surface area contributed by atoms with Gasteiger partial charge in [0.05, 0.1) is 6.21 Å². The number of hydrogen-bond donors (Lipinski definition) is 1. The molecular formula is C15H16N6O2. The molecule has 3 rings (SSSR count). The quantitative estimate of drug-likeness (QED) is 0.716. The summed E-state index contributed by atoms with van der Waals surface area (Å²) >= 11 is 0. The van der Waals surface area contributed by atoms with Crippen LogP contribution in [0.1, 0.15) is 32.0 Å². The second-order valence-electron chi connectivity index (χ2n) is 6.13. The van der Waals surface area contributed by atoms with Gasteiger partial charge in [0.25, 0.3) is 11.3 Å². The molecule has 8 nitrogen and oxygen atoms in total. The summed E-state index contributed by atoms with van der Waals surface area (Å²) in [5, 5.41) is 25.5. The summed E-state index contributed by atoms with van der Waals surface area (Å²) in [6.07, 6.45) is 2.94. The number of aromatic nitrogens is 5. The summed E-state index contributed by atoms with van der Waals surface area (Å²) in [6.45, 7) is 5.71. The maximum absolute atomic E-state index is 12.7. The van der Waals surface area contributed by atoms with Gasteiger partial charge in [0.2, 0.25) is 0 Å². The molecule has 8 heteroatoms. The fourth-order valence-electron chi connectivity index (χ4n) is 2.04. The summed E-state index contributed by atoms with van der Waals surface area (Å²) in [7, 11) is 0. The molecule has 3 aromatic rings. The normalized spacial score (nSPS) is 12.3. The second kappa shape index (κ2) is 5.31. The van der Waals surface area contributed by atoms with Crippen molar-refractivity contribution in [2.45, 2.75) is 26.2 Å². The summed E-state index contributed by atoms with van der Waals surface area (Å²) in [6, 6.07) is 6.47. The Bertz CT molecular complexity index is 931. The van der Waals surface area contributed by atoms with Crippen molar-refractivity contribution in [3.05, 3.63) is 52.2 Å². The Balaban J connectivity index is 2.16. The van der Waals surface area contributed by atoms with Crippen LogP contribution in [0.25, 0.3) is 5.78 Å². The van der Waals surface area contributed by atoms with Gasteiger partial charge in [-0.25, -0.2) is 0 Å². The molecular weight excluding hydrogens is 296 g/mol. The highest BCUT2D eigenvalue weighted by atomic mass is 16.3. The molecule has 0 aliphatic heterocycles. The first-order chi connectivity index (χ1) is 10.9. The van der Waals surface area contributed by atoms with Crippen molar-refractivity contribution in [1.29, 1.82) is 0 Å². The van der Waals surface area contributed by atoms with Gasteiger partial charge in [0, 0.05) is 5.41 Å².